The Labute approximate surface area is 112 Å². The van der Waals surface area contributed by atoms with Crippen molar-refractivity contribution in [3.63, 3.8) is 0 Å². The van der Waals surface area contributed by atoms with Crippen molar-refractivity contribution in [2.45, 2.75) is 39.7 Å². The predicted molar refractivity (Wildman–Crippen MR) is 70.5 cm³/mol. The summed E-state index contributed by atoms with van der Waals surface area (Å²) in [6.45, 7) is 9.81. The molecule has 0 amide bonds. The molecule has 2 N–H and O–H groups in total. The number of aliphatic carboxylic acids is 1. The lowest BCUT2D eigenvalue weighted by atomic mass is 9.72. The van der Waals surface area contributed by atoms with Crippen LogP contribution in [0.2, 0.25) is 0 Å². The van der Waals surface area contributed by atoms with Gasteiger partial charge in [-0.25, -0.2) is 4.79 Å². The van der Waals surface area contributed by atoms with E-state index in [1.54, 1.807) is 6.92 Å². The van der Waals surface area contributed by atoms with Crippen LogP contribution in [0, 0.1) is 17.3 Å². The standard InChI is InChI=1S/C15H20O4/c1-7-9-5-15(3,4)6-10(9)12(16)8(2)11(7)13(17)14(18)19/h9-10,12,16H,2,5-6H2,1,3-4H3,(H,18,19)/t9-,10-,12-/m1/s1. The molecule has 3 atom stereocenters. The number of carboxylic acids is 1. The maximum atomic E-state index is 11.8. The van der Waals surface area contributed by atoms with Crippen molar-refractivity contribution in [2.24, 2.45) is 17.3 Å². The molecule has 0 aromatic rings. The van der Waals surface area contributed by atoms with Gasteiger partial charge in [-0.05, 0) is 42.6 Å². The number of aliphatic hydroxyl groups is 1. The van der Waals surface area contributed by atoms with Crippen molar-refractivity contribution in [1.82, 2.24) is 0 Å². The van der Waals surface area contributed by atoms with E-state index < -0.39 is 17.9 Å². The Bertz CT molecular complexity index is 498. The van der Waals surface area contributed by atoms with Gasteiger partial charge in [0.25, 0.3) is 5.78 Å². The molecule has 0 radical (unpaired) electrons. The first-order valence-corrected chi connectivity index (χ1v) is 6.51. The molecule has 0 aromatic heterocycles. The normalized spacial score (nSPS) is 33.3. The van der Waals surface area contributed by atoms with Gasteiger partial charge in [-0.3, -0.25) is 4.79 Å². The Kier molecular flexibility index (Phi) is 3.17. The summed E-state index contributed by atoms with van der Waals surface area (Å²) in [5.41, 5.74) is 1.26. The van der Waals surface area contributed by atoms with Gasteiger partial charge in [0.1, 0.15) is 0 Å². The van der Waals surface area contributed by atoms with Gasteiger partial charge in [0.15, 0.2) is 0 Å². The summed E-state index contributed by atoms with van der Waals surface area (Å²) in [4.78, 5) is 22.7. The third-order valence-corrected chi connectivity index (χ3v) is 4.53. The maximum absolute atomic E-state index is 11.8. The molecule has 19 heavy (non-hydrogen) atoms. The lowest BCUT2D eigenvalue weighted by Gasteiger charge is -2.34. The second-order valence-corrected chi connectivity index (χ2v) is 6.51. The Balaban J connectivity index is 2.49. The third-order valence-electron chi connectivity index (χ3n) is 4.53. The summed E-state index contributed by atoms with van der Waals surface area (Å²) in [5.74, 6) is -2.32. The molecule has 0 aromatic carbocycles. The van der Waals surface area contributed by atoms with Gasteiger partial charge in [-0.1, -0.05) is 26.0 Å². The van der Waals surface area contributed by atoms with E-state index >= 15 is 0 Å². The van der Waals surface area contributed by atoms with Gasteiger partial charge in [0.05, 0.1) is 6.10 Å². The van der Waals surface area contributed by atoms with Crippen LogP contribution in [0.3, 0.4) is 0 Å². The quantitative estimate of drug-likeness (QED) is 0.747. The average Bonchev–Trinajstić information content (AvgIpc) is 2.62. The first kappa shape index (κ1) is 14.0. The Morgan fingerprint density at radius 2 is 1.89 bits per heavy atom. The van der Waals surface area contributed by atoms with Crippen LogP contribution in [0.15, 0.2) is 23.3 Å². The summed E-state index contributed by atoms with van der Waals surface area (Å²) in [7, 11) is 0. The predicted octanol–water partition coefficient (Wildman–Crippen LogP) is 1.94. The van der Waals surface area contributed by atoms with E-state index in [2.05, 4.69) is 20.4 Å². The molecule has 4 heteroatoms. The highest BCUT2D eigenvalue weighted by Crippen LogP contribution is 2.53. The highest BCUT2D eigenvalue weighted by molar-refractivity contribution is 6.41. The number of carbonyl (C=O) groups is 2. The number of carbonyl (C=O) groups excluding carboxylic acids is 1. The molecule has 0 spiro atoms. The van der Waals surface area contributed by atoms with Crippen LogP contribution in [0.5, 0.6) is 0 Å². The first-order chi connectivity index (χ1) is 8.65. The molecule has 0 aliphatic heterocycles. The number of fused-ring (bicyclic) bond motifs is 1. The topological polar surface area (TPSA) is 74.6 Å². The fourth-order valence-corrected chi connectivity index (χ4v) is 3.69. The van der Waals surface area contributed by atoms with Gasteiger partial charge in [0.2, 0.25) is 0 Å². The minimum atomic E-state index is -1.49. The molecular weight excluding hydrogens is 244 g/mol. The van der Waals surface area contributed by atoms with E-state index in [0.717, 1.165) is 18.4 Å². The van der Waals surface area contributed by atoms with Gasteiger partial charge >= 0.3 is 5.97 Å². The van der Waals surface area contributed by atoms with Gasteiger partial charge < -0.3 is 10.2 Å². The number of ketones is 1. The molecule has 0 bridgehead atoms. The zero-order chi connectivity index (χ0) is 14.5. The van der Waals surface area contributed by atoms with E-state index in [0.29, 0.717) is 0 Å². The van der Waals surface area contributed by atoms with Gasteiger partial charge in [-0.15, -0.1) is 0 Å². The number of hydrogen-bond acceptors (Lipinski definition) is 3. The van der Waals surface area contributed by atoms with Crippen molar-refractivity contribution in [2.75, 3.05) is 0 Å². The summed E-state index contributed by atoms with van der Waals surface area (Å²) in [5, 5.41) is 19.2. The van der Waals surface area contributed by atoms with E-state index in [1.165, 1.54) is 0 Å². The molecule has 1 saturated carbocycles. The van der Waals surface area contributed by atoms with Crippen molar-refractivity contribution in [1.29, 1.82) is 0 Å². The third kappa shape index (κ3) is 2.14. The second kappa shape index (κ2) is 4.30. The number of aliphatic hydroxyl groups excluding tert-OH is 1. The lowest BCUT2D eigenvalue weighted by molar-refractivity contribution is -0.147. The summed E-state index contributed by atoms with van der Waals surface area (Å²) < 4.78 is 0. The Hall–Kier alpha value is -1.42. The van der Waals surface area contributed by atoms with Crippen LogP contribution in [0.4, 0.5) is 0 Å². The van der Waals surface area contributed by atoms with Crippen molar-refractivity contribution in [3.05, 3.63) is 23.3 Å². The van der Waals surface area contributed by atoms with Crippen LogP contribution in [-0.2, 0) is 9.59 Å². The zero-order valence-electron chi connectivity index (χ0n) is 11.6. The molecule has 2 rings (SSSR count). The second-order valence-electron chi connectivity index (χ2n) is 6.51. The van der Waals surface area contributed by atoms with Crippen molar-refractivity contribution < 1.29 is 19.8 Å². The SMILES string of the molecule is C=C1C(C(=O)C(=O)O)=C(C)[C@H]2CC(C)(C)C[C@H]2[C@@H]1O. The minimum Gasteiger partial charge on any atom is -0.475 e. The highest BCUT2D eigenvalue weighted by atomic mass is 16.4. The largest absolute Gasteiger partial charge is 0.475 e. The van der Waals surface area contributed by atoms with E-state index in [9.17, 15) is 14.7 Å². The monoisotopic (exact) mass is 264 g/mol. The summed E-state index contributed by atoms with van der Waals surface area (Å²) in [6, 6.07) is 0. The molecule has 2 aliphatic rings. The molecule has 1 fully saturated rings. The lowest BCUT2D eigenvalue weighted by Crippen LogP contribution is -2.35. The molecule has 0 saturated heterocycles. The van der Waals surface area contributed by atoms with E-state index in [1.807, 2.05) is 0 Å². The molecule has 2 aliphatic carbocycles. The highest BCUT2D eigenvalue weighted by Gasteiger charge is 2.48. The number of hydrogen-bond donors (Lipinski definition) is 2. The summed E-state index contributed by atoms with van der Waals surface area (Å²) >= 11 is 0. The van der Waals surface area contributed by atoms with Gasteiger partial charge in [0, 0.05) is 5.57 Å². The first-order valence-electron chi connectivity index (χ1n) is 6.51. The molecule has 4 nitrogen and oxygen atoms in total. The molecule has 0 unspecified atom stereocenters. The van der Waals surface area contributed by atoms with Crippen LogP contribution in [0.1, 0.15) is 33.6 Å². The smallest absolute Gasteiger partial charge is 0.377 e. The Morgan fingerprint density at radius 1 is 1.32 bits per heavy atom. The summed E-state index contributed by atoms with van der Waals surface area (Å²) in [6.07, 6.45) is 0.919. The van der Waals surface area contributed by atoms with Crippen LogP contribution in [0.25, 0.3) is 0 Å². The van der Waals surface area contributed by atoms with Crippen LogP contribution < -0.4 is 0 Å². The minimum absolute atomic E-state index is 0.0489. The van der Waals surface area contributed by atoms with E-state index in [-0.39, 0.29) is 28.4 Å². The Morgan fingerprint density at radius 3 is 2.42 bits per heavy atom. The van der Waals surface area contributed by atoms with Crippen LogP contribution >= 0.6 is 0 Å². The molecule has 0 heterocycles. The fourth-order valence-electron chi connectivity index (χ4n) is 3.69. The maximum Gasteiger partial charge on any atom is 0.377 e. The fraction of sp³-hybridized carbons (Fsp3) is 0.600. The van der Waals surface area contributed by atoms with Crippen molar-refractivity contribution in [3.8, 4) is 0 Å². The average molecular weight is 264 g/mol. The number of rotatable bonds is 2. The molecular formula is C15H20O4. The molecule has 104 valence electrons. The zero-order valence-corrected chi connectivity index (χ0v) is 11.6. The van der Waals surface area contributed by atoms with Crippen molar-refractivity contribution >= 4 is 11.8 Å². The number of allylic oxidation sites excluding steroid dienone is 1. The van der Waals surface area contributed by atoms with Crippen LogP contribution in [-0.4, -0.2) is 28.1 Å². The number of Topliss-reactive ketones (excluding diaryl/α,β-unsaturated/α-hetero) is 1. The van der Waals surface area contributed by atoms with Gasteiger partial charge in [-0.2, -0.15) is 0 Å². The number of carboxylic acid groups (broad SMARTS) is 1. The van der Waals surface area contributed by atoms with E-state index in [4.69, 9.17) is 5.11 Å².